The average Bonchev–Trinajstić information content (AvgIpc) is 3.09. The Morgan fingerprint density at radius 2 is 1.86 bits per heavy atom. The second-order valence-electron chi connectivity index (χ2n) is 4.94. The van der Waals surface area contributed by atoms with Crippen molar-refractivity contribution in [3.63, 3.8) is 0 Å². The van der Waals surface area contributed by atoms with Crippen LogP contribution in [0, 0.1) is 0 Å². The Morgan fingerprint density at radius 3 is 2.64 bits per heavy atom. The minimum absolute atomic E-state index is 0.305. The van der Waals surface area contributed by atoms with Gasteiger partial charge in [-0.25, -0.2) is 4.99 Å². The first-order chi connectivity index (χ1) is 10.8. The first-order valence-electron chi connectivity index (χ1n) is 6.99. The van der Waals surface area contributed by atoms with Crippen molar-refractivity contribution in [3.8, 4) is 11.5 Å². The number of hydrogen-bond donors (Lipinski definition) is 0. The molecule has 5 nitrogen and oxygen atoms in total. The standard InChI is InChI=1S/C17H12N2O3/c20-15-13-7-6-12(16-18-8-9-21-16)10-14(13)22-17(19-15)11-4-2-1-3-5-11/h1-7,10H,8-9H2. The summed E-state index contributed by atoms with van der Waals surface area (Å²) in [6.07, 6.45) is 0. The number of benzene rings is 2. The molecular weight excluding hydrogens is 280 g/mol. The van der Waals surface area contributed by atoms with Crippen LogP contribution in [0.2, 0.25) is 0 Å². The molecule has 0 saturated heterocycles. The third kappa shape index (κ3) is 2.16. The van der Waals surface area contributed by atoms with E-state index < -0.39 is 0 Å². The average molecular weight is 292 g/mol. The fourth-order valence-electron chi connectivity index (χ4n) is 2.41. The van der Waals surface area contributed by atoms with Gasteiger partial charge in [-0.1, -0.05) is 18.2 Å². The Bertz CT molecular complexity index is 930. The number of aliphatic imine (C=N–C) groups is 1. The molecular formula is C17H12N2O3. The lowest BCUT2D eigenvalue weighted by atomic mass is 10.1. The van der Waals surface area contributed by atoms with Crippen LogP contribution in [0.4, 0.5) is 0 Å². The van der Waals surface area contributed by atoms with Crippen LogP contribution in [0.3, 0.4) is 0 Å². The SMILES string of the molecule is O=c1nc(-c2ccccc2)oc2cc(C3=NCCO3)ccc12. The van der Waals surface area contributed by atoms with Gasteiger partial charge in [-0.2, -0.15) is 4.98 Å². The molecule has 0 aliphatic carbocycles. The molecule has 3 aromatic rings. The van der Waals surface area contributed by atoms with Gasteiger partial charge in [0.15, 0.2) is 0 Å². The van der Waals surface area contributed by atoms with Crippen LogP contribution >= 0.6 is 0 Å². The Balaban J connectivity index is 1.90. The zero-order chi connectivity index (χ0) is 14.9. The van der Waals surface area contributed by atoms with Crippen LogP contribution in [0.25, 0.3) is 22.4 Å². The van der Waals surface area contributed by atoms with E-state index in [0.717, 1.165) is 11.1 Å². The highest BCUT2D eigenvalue weighted by Crippen LogP contribution is 2.21. The van der Waals surface area contributed by atoms with Crippen molar-refractivity contribution >= 4 is 16.9 Å². The topological polar surface area (TPSA) is 64.7 Å². The van der Waals surface area contributed by atoms with Crippen LogP contribution in [0.1, 0.15) is 5.56 Å². The van der Waals surface area contributed by atoms with Crippen LogP contribution in [-0.4, -0.2) is 24.0 Å². The zero-order valence-electron chi connectivity index (χ0n) is 11.7. The molecule has 2 aromatic carbocycles. The molecule has 0 atom stereocenters. The van der Waals surface area contributed by atoms with Crippen LogP contribution in [-0.2, 0) is 4.74 Å². The van der Waals surface area contributed by atoms with Crippen molar-refractivity contribution in [2.75, 3.05) is 13.2 Å². The molecule has 0 radical (unpaired) electrons. The number of ether oxygens (including phenoxy) is 1. The number of fused-ring (bicyclic) bond motifs is 1. The predicted molar refractivity (Wildman–Crippen MR) is 83.1 cm³/mol. The van der Waals surface area contributed by atoms with Crippen LogP contribution in [0.15, 0.2) is 62.7 Å². The number of rotatable bonds is 2. The monoisotopic (exact) mass is 292 g/mol. The maximum atomic E-state index is 12.2. The van der Waals surface area contributed by atoms with Crippen molar-refractivity contribution in [2.24, 2.45) is 4.99 Å². The largest absolute Gasteiger partial charge is 0.476 e. The Labute approximate surface area is 125 Å². The fourth-order valence-corrected chi connectivity index (χ4v) is 2.41. The van der Waals surface area contributed by atoms with E-state index in [1.807, 2.05) is 30.3 Å². The summed E-state index contributed by atoms with van der Waals surface area (Å²) in [4.78, 5) is 20.5. The molecule has 22 heavy (non-hydrogen) atoms. The summed E-state index contributed by atoms with van der Waals surface area (Å²) in [5, 5.41) is 0.446. The molecule has 1 aromatic heterocycles. The molecule has 0 N–H and O–H groups in total. The van der Waals surface area contributed by atoms with Gasteiger partial charge < -0.3 is 9.15 Å². The van der Waals surface area contributed by atoms with Crippen LogP contribution in [0.5, 0.6) is 0 Å². The van der Waals surface area contributed by atoms with E-state index in [1.165, 1.54) is 0 Å². The Morgan fingerprint density at radius 1 is 1.00 bits per heavy atom. The lowest BCUT2D eigenvalue weighted by molar-refractivity contribution is 0.348. The van der Waals surface area contributed by atoms with Gasteiger partial charge in [0.1, 0.15) is 12.2 Å². The van der Waals surface area contributed by atoms with E-state index in [0.29, 0.717) is 35.9 Å². The molecule has 4 rings (SSSR count). The lowest BCUT2D eigenvalue weighted by Crippen LogP contribution is -2.08. The molecule has 108 valence electrons. The maximum absolute atomic E-state index is 12.2. The van der Waals surface area contributed by atoms with Crippen molar-refractivity contribution < 1.29 is 9.15 Å². The first-order valence-corrected chi connectivity index (χ1v) is 6.99. The van der Waals surface area contributed by atoms with Crippen molar-refractivity contribution in [3.05, 3.63) is 64.4 Å². The predicted octanol–water partition coefficient (Wildman–Crippen LogP) is 2.63. The Hall–Kier alpha value is -2.95. The van der Waals surface area contributed by atoms with E-state index in [2.05, 4.69) is 9.98 Å². The van der Waals surface area contributed by atoms with Gasteiger partial charge in [-0.3, -0.25) is 4.79 Å². The summed E-state index contributed by atoms with van der Waals surface area (Å²) in [6.45, 7) is 1.24. The third-order valence-electron chi connectivity index (χ3n) is 3.47. The van der Waals surface area contributed by atoms with Gasteiger partial charge >= 0.3 is 0 Å². The van der Waals surface area contributed by atoms with Gasteiger partial charge in [0, 0.05) is 11.1 Å². The van der Waals surface area contributed by atoms with E-state index in [9.17, 15) is 4.79 Å². The smallest absolute Gasteiger partial charge is 0.284 e. The fraction of sp³-hybridized carbons (Fsp3) is 0.118. The van der Waals surface area contributed by atoms with E-state index in [1.54, 1.807) is 18.2 Å². The summed E-state index contributed by atoms with van der Waals surface area (Å²) in [5.41, 5.74) is 1.75. The van der Waals surface area contributed by atoms with Crippen molar-refractivity contribution in [2.45, 2.75) is 0 Å². The highest BCUT2D eigenvalue weighted by Gasteiger charge is 2.14. The number of aromatic nitrogens is 1. The van der Waals surface area contributed by atoms with Crippen LogP contribution < -0.4 is 5.56 Å². The number of nitrogens with zero attached hydrogens (tertiary/aromatic N) is 2. The summed E-state index contributed by atoms with van der Waals surface area (Å²) in [5.74, 6) is 0.896. The molecule has 0 fully saturated rings. The molecule has 0 unspecified atom stereocenters. The summed E-state index contributed by atoms with van der Waals surface area (Å²) in [6, 6.07) is 14.6. The van der Waals surface area contributed by atoms with Gasteiger partial charge in [0.25, 0.3) is 5.56 Å². The summed E-state index contributed by atoms with van der Waals surface area (Å²) >= 11 is 0. The summed E-state index contributed by atoms with van der Waals surface area (Å²) < 4.78 is 11.3. The van der Waals surface area contributed by atoms with Gasteiger partial charge in [0.05, 0.1) is 11.9 Å². The molecule has 0 saturated carbocycles. The van der Waals surface area contributed by atoms with E-state index >= 15 is 0 Å². The quantitative estimate of drug-likeness (QED) is 0.728. The van der Waals surface area contributed by atoms with Gasteiger partial charge in [-0.15, -0.1) is 0 Å². The van der Waals surface area contributed by atoms with E-state index in [-0.39, 0.29) is 5.56 Å². The van der Waals surface area contributed by atoms with Crippen molar-refractivity contribution in [1.29, 1.82) is 0 Å². The summed E-state index contributed by atoms with van der Waals surface area (Å²) in [7, 11) is 0. The highest BCUT2D eigenvalue weighted by molar-refractivity contribution is 5.98. The second kappa shape index (κ2) is 5.11. The molecule has 0 spiro atoms. The molecule has 0 bridgehead atoms. The van der Waals surface area contributed by atoms with Crippen molar-refractivity contribution in [1.82, 2.24) is 4.98 Å². The number of hydrogen-bond acceptors (Lipinski definition) is 5. The van der Waals surface area contributed by atoms with E-state index in [4.69, 9.17) is 9.15 Å². The minimum atomic E-state index is -0.305. The molecule has 0 amide bonds. The molecule has 1 aliphatic rings. The highest BCUT2D eigenvalue weighted by atomic mass is 16.5. The molecule has 2 heterocycles. The zero-order valence-corrected chi connectivity index (χ0v) is 11.7. The van der Waals surface area contributed by atoms with Gasteiger partial charge in [0.2, 0.25) is 11.8 Å². The normalized spacial score (nSPS) is 13.9. The third-order valence-corrected chi connectivity index (χ3v) is 3.47. The lowest BCUT2D eigenvalue weighted by Gasteiger charge is -2.05. The Kier molecular flexibility index (Phi) is 2.96. The maximum Gasteiger partial charge on any atom is 0.284 e. The molecule has 1 aliphatic heterocycles. The molecule has 5 heteroatoms. The van der Waals surface area contributed by atoms with Gasteiger partial charge in [-0.05, 0) is 30.3 Å². The first kappa shape index (κ1) is 12.8. The minimum Gasteiger partial charge on any atom is -0.476 e. The second-order valence-corrected chi connectivity index (χ2v) is 4.94.